The first-order chi connectivity index (χ1) is 12.2. The summed E-state index contributed by atoms with van der Waals surface area (Å²) in [4.78, 5) is 12.4. The van der Waals surface area contributed by atoms with Crippen molar-refractivity contribution in [3.63, 3.8) is 0 Å². The van der Waals surface area contributed by atoms with Crippen molar-refractivity contribution in [3.8, 4) is 5.75 Å². The standard InChI is InChI=1S/C19H24N2O4S/c1-14-7-5-6-8-18(14)21(26(4,23)24)13-19(22)20-15(2)16-9-11-17(25-3)12-10-16/h5-12,15H,13H2,1-4H3,(H,20,22)/t15-/m0/s1. The highest BCUT2D eigenvalue weighted by molar-refractivity contribution is 7.92. The maximum Gasteiger partial charge on any atom is 0.241 e. The highest BCUT2D eigenvalue weighted by atomic mass is 32.2. The fourth-order valence-electron chi connectivity index (χ4n) is 2.62. The van der Waals surface area contributed by atoms with E-state index in [2.05, 4.69) is 5.32 Å². The highest BCUT2D eigenvalue weighted by Gasteiger charge is 2.23. The number of nitrogens with one attached hydrogen (secondary N) is 1. The lowest BCUT2D eigenvalue weighted by Crippen LogP contribution is -2.41. The third kappa shape index (κ3) is 4.98. The van der Waals surface area contributed by atoms with Gasteiger partial charge in [0.05, 0.1) is 25.1 Å². The second kappa shape index (κ2) is 8.23. The number of carbonyl (C=O) groups is 1. The molecule has 1 amide bonds. The number of rotatable bonds is 7. The van der Waals surface area contributed by atoms with E-state index < -0.39 is 10.0 Å². The Kier molecular flexibility index (Phi) is 6.26. The van der Waals surface area contributed by atoms with E-state index in [9.17, 15) is 13.2 Å². The van der Waals surface area contributed by atoms with E-state index in [0.717, 1.165) is 27.4 Å². The van der Waals surface area contributed by atoms with Gasteiger partial charge in [-0.2, -0.15) is 0 Å². The van der Waals surface area contributed by atoms with Gasteiger partial charge in [-0.15, -0.1) is 0 Å². The second-order valence-corrected chi connectivity index (χ2v) is 8.03. The van der Waals surface area contributed by atoms with Crippen LogP contribution < -0.4 is 14.4 Å². The van der Waals surface area contributed by atoms with E-state index in [1.807, 2.05) is 50.2 Å². The molecule has 2 aromatic rings. The first-order valence-electron chi connectivity index (χ1n) is 8.19. The fourth-order valence-corrected chi connectivity index (χ4v) is 3.53. The zero-order chi connectivity index (χ0) is 19.3. The van der Waals surface area contributed by atoms with Crippen LogP contribution in [0.3, 0.4) is 0 Å². The van der Waals surface area contributed by atoms with E-state index in [-0.39, 0.29) is 18.5 Å². The Morgan fingerprint density at radius 1 is 1.15 bits per heavy atom. The summed E-state index contributed by atoms with van der Waals surface area (Å²) < 4.78 is 30.6. The van der Waals surface area contributed by atoms with Gasteiger partial charge in [-0.1, -0.05) is 30.3 Å². The second-order valence-electron chi connectivity index (χ2n) is 6.12. The van der Waals surface area contributed by atoms with Gasteiger partial charge in [0.15, 0.2) is 0 Å². The normalized spacial score (nSPS) is 12.3. The Hall–Kier alpha value is -2.54. The summed E-state index contributed by atoms with van der Waals surface area (Å²) in [6, 6.07) is 14.2. The van der Waals surface area contributed by atoms with Gasteiger partial charge in [-0.25, -0.2) is 8.42 Å². The molecule has 0 fully saturated rings. The number of aryl methyl sites for hydroxylation is 1. The van der Waals surface area contributed by atoms with Crippen molar-refractivity contribution in [2.75, 3.05) is 24.2 Å². The van der Waals surface area contributed by atoms with Crippen LogP contribution in [0.2, 0.25) is 0 Å². The van der Waals surface area contributed by atoms with Crippen molar-refractivity contribution >= 4 is 21.6 Å². The molecule has 6 nitrogen and oxygen atoms in total. The van der Waals surface area contributed by atoms with Gasteiger partial charge in [-0.05, 0) is 43.2 Å². The largest absolute Gasteiger partial charge is 0.497 e. The Morgan fingerprint density at radius 3 is 2.31 bits per heavy atom. The van der Waals surface area contributed by atoms with Crippen LogP contribution in [-0.2, 0) is 14.8 Å². The van der Waals surface area contributed by atoms with Gasteiger partial charge in [0, 0.05) is 0 Å². The summed E-state index contributed by atoms with van der Waals surface area (Å²) in [6.07, 6.45) is 1.10. The molecule has 1 atom stereocenters. The number of carbonyl (C=O) groups excluding carboxylic acids is 1. The van der Waals surface area contributed by atoms with Crippen molar-refractivity contribution < 1.29 is 17.9 Å². The number of sulfonamides is 1. The van der Waals surface area contributed by atoms with Gasteiger partial charge >= 0.3 is 0 Å². The maximum atomic E-state index is 12.4. The van der Waals surface area contributed by atoms with Crippen molar-refractivity contribution in [2.24, 2.45) is 0 Å². The third-order valence-corrected chi connectivity index (χ3v) is 5.19. The number of methoxy groups -OCH3 is 1. The van der Waals surface area contributed by atoms with Gasteiger partial charge in [-0.3, -0.25) is 9.10 Å². The van der Waals surface area contributed by atoms with Crippen molar-refractivity contribution in [1.82, 2.24) is 5.32 Å². The minimum absolute atomic E-state index is 0.258. The zero-order valence-corrected chi connectivity index (χ0v) is 16.2. The molecule has 0 bridgehead atoms. The molecule has 0 aromatic heterocycles. The number of nitrogens with zero attached hydrogens (tertiary/aromatic N) is 1. The molecule has 1 N–H and O–H groups in total. The number of ether oxygens (including phenoxy) is 1. The molecule has 0 saturated heterocycles. The van der Waals surface area contributed by atoms with E-state index in [4.69, 9.17) is 4.74 Å². The number of hydrogen-bond acceptors (Lipinski definition) is 4. The smallest absolute Gasteiger partial charge is 0.241 e. The lowest BCUT2D eigenvalue weighted by molar-refractivity contribution is -0.120. The van der Waals surface area contributed by atoms with Crippen LogP contribution in [0.15, 0.2) is 48.5 Å². The lowest BCUT2D eigenvalue weighted by Gasteiger charge is -2.24. The van der Waals surface area contributed by atoms with Crippen LogP contribution >= 0.6 is 0 Å². The topological polar surface area (TPSA) is 75.7 Å². The fraction of sp³-hybridized carbons (Fsp3) is 0.316. The van der Waals surface area contributed by atoms with Crippen molar-refractivity contribution in [1.29, 1.82) is 0 Å². The van der Waals surface area contributed by atoms with Crippen molar-refractivity contribution in [2.45, 2.75) is 19.9 Å². The molecule has 140 valence electrons. The summed E-state index contributed by atoms with van der Waals surface area (Å²) in [6.45, 7) is 3.38. The van der Waals surface area contributed by atoms with E-state index in [0.29, 0.717) is 5.69 Å². The summed E-state index contributed by atoms with van der Waals surface area (Å²) in [5, 5.41) is 2.84. The van der Waals surface area contributed by atoms with Gasteiger partial charge in [0.2, 0.25) is 15.9 Å². The quantitative estimate of drug-likeness (QED) is 0.806. The van der Waals surface area contributed by atoms with E-state index in [1.54, 1.807) is 19.2 Å². The molecule has 2 aromatic carbocycles. The molecule has 0 aliphatic rings. The first kappa shape index (κ1) is 19.8. The van der Waals surface area contributed by atoms with Crippen LogP contribution in [0.5, 0.6) is 5.75 Å². The first-order valence-corrected chi connectivity index (χ1v) is 10.0. The molecular weight excluding hydrogens is 352 g/mol. The van der Waals surface area contributed by atoms with Crippen LogP contribution in [0.1, 0.15) is 24.1 Å². The van der Waals surface area contributed by atoms with Gasteiger partial charge in [0.1, 0.15) is 12.3 Å². The highest BCUT2D eigenvalue weighted by Crippen LogP contribution is 2.22. The number of amides is 1. The maximum absolute atomic E-state index is 12.4. The minimum Gasteiger partial charge on any atom is -0.497 e. The van der Waals surface area contributed by atoms with Gasteiger partial charge < -0.3 is 10.1 Å². The molecule has 0 aliphatic carbocycles. The molecule has 0 saturated carbocycles. The van der Waals surface area contributed by atoms with E-state index >= 15 is 0 Å². The monoisotopic (exact) mass is 376 g/mol. The van der Waals surface area contributed by atoms with E-state index in [1.165, 1.54) is 0 Å². The number of benzene rings is 2. The Morgan fingerprint density at radius 2 is 1.77 bits per heavy atom. The molecule has 0 spiro atoms. The van der Waals surface area contributed by atoms with Crippen LogP contribution in [0.4, 0.5) is 5.69 Å². The average molecular weight is 376 g/mol. The Bertz CT molecular complexity index is 863. The molecular formula is C19H24N2O4S. The summed E-state index contributed by atoms with van der Waals surface area (Å²) in [7, 11) is -2.00. The number of para-hydroxylation sites is 1. The minimum atomic E-state index is -3.59. The third-order valence-electron chi connectivity index (χ3n) is 4.06. The van der Waals surface area contributed by atoms with Crippen molar-refractivity contribution in [3.05, 3.63) is 59.7 Å². The SMILES string of the molecule is COc1ccc([C@H](C)NC(=O)CN(c2ccccc2C)S(C)(=O)=O)cc1. The molecule has 0 aliphatic heterocycles. The molecule has 0 radical (unpaired) electrons. The van der Waals surface area contributed by atoms with Crippen LogP contribution in [-0.4, -0.2) is 34.2 Å². The van der Waals surface area contributed by atoms with Gasteiger partial charge in [0.25, 0.3) is 0 Å². The molecule has 0 unspecified atom stereocenters. The molecule has 7 heteroatoms. The molecule has 26 heavy (non-hydrogen) atoms. The molecule has 0 heterocycles. The predicted molar refractivity (Wildman–Crippen MR) is 103 cm³/mol. The zero-order valence-electron chi connectivity index (χ0n) is 15.4. The number of anilines is 1. The predicted octanol–water partition coefficient (Wildman–Crippen LogP) is 2.65. The average Bonchev–Trinajstić information content (AvgIpc) is 2.59. The molecule has 2 rings (SSSR count). The Labute approximate surface area is 154 Å². The summed E-state index contributed by atoms with van der Waals surface area (Å²) >= 11 is 0. The summed E-state index contributed by atoms with van der Waals surface area (Å²) in [5.74, 6) is 0.358. The Balaban J connectivity index is 2.13. The van der Waals surface area contributed by atoms with Crippen LogP contribution in [0.25, 0.3) is 0 Å². The lowest BCUT2D eigenvalue weighted by atomic mass is 10.1. The summed E-state index contributed by atoms with van der Waals surface area (Å²) in [5.41, 5.74) is 2.19. The van der Waals surface area contributed by atoms with Crippen LogP contribution in [0, 0.1) is 6.92 Å². The number of hydrogen-bond donors (Lipinski definition) is 1.